The number of aromatic nitrogens is 2. The van der Waals surface area contributed by atoms with Crippen LogP contribution in [0.4, 0.5) is 0 Å². The van der Waals surface area contributed by atoms with Crippen molar-refractivity contribution >= 4 is 44.6 Å². The molecule has 0 N–H and O–H groups in total. The number of alkyl halides is 1. The van der Waals surface area contributed by atoms with Gasteiger partial charge in [-0.15, -0.1) is 11.6 Å². The highest BCUT2D eigenvalue weighted by Gasteiger charge is 2.22. The van der Waals surface area contributed by atoms with E-state index < -0.39 is 9.84 Å². The van der Waals surface area contributed by atoms with Crippen molar-refractivity contribution in [2.24, 2.45) is 11.8 Å². The minimum absolute atomic E-state index is 0.0159. The number of halogens is 3. The standard InChI is InChI=1S/C23H25Cl3N2O4S/c1-16(11-24)13-32-23-21(25)9-20(10-22(23)26)33(29,30)19-5-3-18(4-6-19)31-14-17(2)12-28-8-7-27-15-28/h3-10,15-17H,11-14H2,1-2H3. The molecule has 3 aromatic rings. The summed E-state index contributed by atoms with van der Waals surface area (Å²) in [5, 5.41) is 0.240. The van der Waals surface area contributed by atoms with Crippen molar-refractivity contribution in [3.63, 3.8) is 0 Å². The molecule has 0 saturated carbocycles. The quantitative estimate of drug-likeness (QED) is 0.284. The van der Waals surface area contributed by atoms with E-state index in [1.807, 2.05) is 17.7 Å². The predicted octanol–water partition coefficient (Wildman–Crippen LogP) is 5.99. The van der Waals surface area contributed by atoms with Crippen LogP contribution in [0, 0.1) is 11.8 Å². The van der Waals surface area contributed by atoms with Crippen molar-refractivity contribution < 1.29 is 17.9 Å². The van der Waals surface area contributed by atoms with Crippen LogP contribution in [0.15, 0.2) is 64.9 Å². The molecule has 2 unspecified atom stereocenters. The molecule has 0 fully saturated rings. The second-order valence-electron chi connectivity index (χ2n) is 7.94. The second-order valence-corrected chi connectivity index (χ2v) is 11.0. The lowest BCUT2D eigenvalue weighted by atomic mass is 10.2. The highest BCUT2D eigenvalue weighted by molar-refractivity contribution is 7.91. The molecule has 0 saturated heterocycles. The maximum Gasteiger partial charge on any atom is 0.206 e. The van der Waals surface area contributed by atoms with Gasteiger partial charge in [0.25, 0.3) is 0 Å². The number of rotatable bonds is 11. The van der Waals surface area contributed by atoms with Crippen molar-refractivity contribution in [1.29, 1.82) is 0 Å². The zero-order valence-corrected chi connectivity index (χ0v) is 21.3. The molecule has 10 heteroatoms. The molecule has 0 spiro atoms. The van der Waals surface area contributed by atoms with Gasteiger partial charge < -0.3 is 14.0 Å². The summed E-state index contributed by atoms with van der Waals surface area (Å²) in [5.74, 6) is 1.59. The SMILES string of the molecule is CC(CCl)COc1c(Cl)cc(S(=O)(=O)c2ccc(OCC(C)Cn3ccnc3)cc2)cc1Cl. The third kappa shape index (κ3) is 6.79. The van der Waals surface area contributed by atoms with E-state index in [2.05, 4.69) is 11.9 Å². The lowest BCUT2D eigenvalue weighted by molar-refractivity contribution is 0.244. The Morgan fingerprint density at radius 3 is 2.18 bits per heavy atom. The molecule has 1 heterocycles. The molecule has 0 bridgehead atoms. The molecule has 33 heavy (non-hydrogen) atoms. The molecule has 2 aromatic carbocycles. The Morgan fingerprint density at radius 2 is 1.61 bits per heavy atom. The Morgan fingerprint density at radius 1 is 0.970 bits per heavy atom. The molecule has 178 valence electrons. The molecule has 0 radical (unpaired) electrons. The number of sulfone groups is 1. The molecule has 0 aliphatic carbocycles. The molecular formula is C23H25Cl3N2O4S. The lowest BCUT2D eigenvalue weighted by Gasteiger charge is -2.15. The molecule has 0 aliphatic rings. The van der Waals surface area contributed by atoms with E-state index in [-0.39, 0.29) is 37.4 Å². The number of hydrogen-bond acceptors (Lipinski definition) is 5. The van der Waals surface area contributed by atoms with E-state index in [0.717, 1.165) is 6.54 Å². The van der Waals surface area contributed by atoms with Crippen LogP contribution in [0.25, 0.3) is 0 Å². The van der Waals surface area contributed by atoms with Gasteiger partial charge in [-0.3, -0.25) is 0 Å². The van der Waals surface area contributed by atoms with E-state index in [0.29, 0.717) is 24.8 Å². The normalized spacial score (nSPS) is 13.5. The van der Waals surface area contributed by atoms with Crippen LogP contribution in [0.2, 0.25) is 10.0 Å². The minimum atomic E-state index is -3.83. The summed E-state index contributed by atoms with van der Waals surface area (Å²) in [7, 11) is -3.83. The molecule has 0 aliphatic heterocycles. The summed E-state index contributed by atoms with van der Waals surface area (Å²) in [4.78, 5) is 4.12. The van der Waals surface area contributed by atoms with Crippen molar-refractivity contribution in [2.75, 3.05) is 19.1 Å². The molecule has 0 amide bonds. The Balaban J connectivity index is 1.68. The third-order valence-corrected chi connectivity index (χ3v) is 7.65. The highest BCUT2D eigenvalue weighted by Crippen LogP contribution is 2.37. The fraction of sp³-hybridized carbons (Fsp3) is 0.348. The van der Waals surface area contributed by atoms with Crippen molar-refractivity contribution in [3.8, 4) is 11.5 Å². The van der Waals surface area contributed by atoms with Gasteiger partial charge in [-0.05, 0) is 36.4 Å². The summed E-state index contributed by atoms with van der Waals surface area (Å²) >= 11 is 18.3. The number of ether oxygens (including phenoxy) is 2. The molecule has 3 rings (SSSR count). The number of hydrogen-bond donors (Lipinski definition) is 0. The van der Waals surface area contributed by atoms with Crippen LogP contribution in [0.3, 0.4) is 0 Å². The molecule has 6 nitrogen and oxygen atoms in total. The first kappa shape index (κ1) is 25.7. The summed E-state index contributed by atoms with van der Waals surface area (Å²) in [6.45, 7) is 5.56. The molecule has 2 atom stereocenters. The maximum atomic E-state index is 13.1. The van der Waals surface area contributed by atoms with Gasteiger partial charge in [-0.1, -0.05) is 37.0 Å². The van der Waals surface area contributed by atoms with Gasteiger partial charge in [-0.2, -0.15) is 0 Å². The number of nitrogens with zero attached hydrogens (tertiary/aromatic N) is 2. The topological polar surface area (TPSA) is 70.4 Å². The molecule has 1 aromatic heterocycles. The van der Waals surface area contributed by atoms with Gasteiger partial charge in [-0.25, -0.2) is 13.4 Å². The van der Waals surface area contributed by atoms with Gasteiger partial charge in [0.2, 0.25) is 9.84 Å². The average molecular weight is 532 g/mol. The third-order valence-electron chi connectivity index (χ3n) is 4.81. The van der Waals surface area contributed by atoms with Crippen LogP contribution in [0.1, 0.15) is 13.8 Å². The Labute approximate surface area is 209 Å². The van der Waals surface area contributed by atoms with Crippen LogP contribution in [0.5, 0.6) is 11.5 Å². The monoisotopic (exact) mass is 530 g/mol. The number of imidazole rings is 1. The Bertz CT molecular complexity index is 1130. The summed E-state index contributed by atoms with van der Waals surface area (Å²) in [6, 6.07) is 8.94. The summed E-state index contributed by atoms with van der Waals surface area (Å²) in [5.41, 5.74) is 0. The summed E-state index contributed by atoms with van der Waals surface area (Å²) in [6.07, 6.45) is 5.39. The fourth-order valence-corrected chi connectivity index (χ4v) is 5.12. The van der Waals surface area contributed by atoms with Gasteiger partial charge in [0.1, 0.15) is 5.75 Å². The Kier molecular flexibility index (Phi) is 8.93. The largest absolute Gasteiger partial charge is 0.493 e. The van der Waals surface area contributed by atoms with E-state index >= 15 is 0 Å². The van der Waals surface area contributed by atoms with Crippen LogP contribution >= 0.6 is 34.8 Å². The first-order chi connectivity index (χ1) is 15.7. The van der Waals surface area contributed by atoms with Crippen molar-refractivity contribution in [1.82, 2.24) is 9.55 Å². The first-order valence-corrected chi connectivity index (χ1v) is 13.1. The minimum Gasteiger partial charge on any atom is -0.493 e. The smallest absolute Gasteiger partial charge is 0.206 e. The summed E-state index contributed by atoms with van der Waals surface area (Å²) < 4.78 is 39.6. The maximum absolute atomic E-state index is 13.1. The van der Waals surface area contributed by atoms with E-state index in [9.17, 15) is 8.42 Å². The van der Waals surface area contributed by atoms with Crippen molar-refractivity contribution in [3.05, 3.63) is 65.2 Å². The highest BCUT2D eigenvalue weighted by atomic mass is 35.5. The first-order valence-electron chi connectivity index (χ1n) is 10.3. The van der Waals surface area contributed by atoms with Crippen LogP contribution in [-0.4, -0.2) is 37.1 Å². The zero-order valence-electron chi connectivity index (χ0n) is 18.2. The van der Waals surface area contributed by atoms with Crippen LogP contribution < -0.4 is 9.47 Å². The Hall–Kier alpha value is -1.93. The van der Waals surface area contributed by atoms with Crippen molar-refractivity contribution in [2.45, 2.75) is 30.2 Å². The van der Waals surface area contributed by atoms with Gasteiger partial charge >= 0.3 is 0 Å². The average Bonchev–Trinajstić information content (AvgIpc) is 3.30. The van der Waals surface area contributed by atoms with Gasteiger partial charge in [0.15, 0.2) is 5.75 Å². The lowest BCUT2D eigenvalue weighted by Crippen LogP contribution is -2.14. The van der Waals surface area contributed by atoms with Gasteiger partial charge in [0.05, 0.1) is 39.4 Å². The van der Waals surface area contributed by atoms with E-state index in [1.165, 1.54) is 24.3 Å². The predicted molar refractivity (Wildman–Crippen MR) is 131 cm³/mol. The molecular weight excluding hydrogens is 507 g/mol. The number of benzene rings is 2. The van der Waals surface area contributed by atoms with Crippen LogP contribution in [-0.2, 0) is 16.4 Å². The van der Waals surface area contributed by atoms with Gasteiger partial charge in [0, 0.05) is 36.7 Å². The van der Waals surface area contributed by atoms with E-state index in [4.69, 9.17) is 44.3 Å². The van der Waals surface area contributed by atoms with E-state index in [1.54, 1.807) is 24.7 Å². The zero-order chi connectivity index (χ0) is 24.0. The fourth-order valence-electron chi connectivity index (χ4n) is 3.00. The second kappa shape index (κ2) is 11.5.